The summed E-state index contributed by atoms with van der Waals surface area (Å²) in [5.41, 5.74) is -0.412. The van der Waals surface area contributed by atoms with Gasteiger partial charge >= 0.3 is 0 Å². The summed E-state index contributed by atoms with van der Waals surface area (Å²) in [4.78, 5) is 12.3. The van der Waals surface area contributed by atoms with E-state index in [1.54, 1.807) is 18.4 Å². The molecule has 4 rings (SSSR count). The van der Waals surface area contributed by atoms with E-state index in [1.165, 1.54) is 6.42 Å². The molecule has 1 amide bonds. The Morgan fingerprint density at radius 2 is 1.93 bits per heavy atom. The van der Waals surface area contributed by atoms with Gasteiger partial charge in [0.1, 0.15) is 0 Å². The predicted octanol–water partition coefficient (Wildman–Crippen LogP) is 5.19. The molecule has 1 aliphatic rings. The third-order valence-corrected chi connectivity index (χ3v) is 5.93. The van der Waals surface area contributed by atoms with Gasteiger partial charge in [-0.3, -0.25) is 9.36 Å². The SMILES string of the molecule is O=C(CSc1nnc(-c2ccco2)n1C1CCCCC1)Nc1ccc(F)c(F)c1F. The smallest absolute Gasteiger partial charge is 0.234 e. The molecule has 6 nitrogen and oxygen atoms in total. The number of nitrogens with one attached hydrogen (secondary N) is 1. The minimum absolute atomic E-state index is 0.0958. The Morgan fingerprint density at radius 1 is 1.13 bits per heavy atom. The Hall–Kier alpha value is -2.75. The molecule has 0 radical (unpaired) electrons. The van der Waals surface area contributed by atoms with Crippen LogP contribution in [0.5, 0.6) is 0 Å². The van der Waals surface area contributed by atoms with Crippen molar-refractivity contribution in [3.05, 3.63) is 48.0 Å². The maximum Gasteiger partial charge on any atom is 0.234 e. The van der Waals surface area contributed by atoms with Crippen molar-refractivity contribution < 1.29 is 22.4 Å². The Labute approximate surface area is 174 Å². The lowest BCUT2D eigenvalue weighted by Crippen LogP contribution is -2.18. The summed E-state index contributed by atoms with van der Waals surface area (Å²) in [6.07, 6.45) is 6.89. The molecule has 1 saturated carbocycles. The average molecular weight is 436 g/mol. The van der Waals surface area contributed by atoms with E-state index < -0.39 is 29.0 Å². The first kappa shape index (κ1) is 20.5. The number of hydrogen-bond donors (Lipinski definition) is 1. The molecule has 1 aliphatic carbocycles. The fourth-order valence-electron chi connectivity index (χ4n) is 3.56. The van der Waals surface area contributed by atoms with Gasteiger partial charge in [-0.25, -0.2) is 13.2 Å². The van der Waals surface area contributed by atoms with E-state index >= 15 is 0 Å². The van der Waals surface area contributed by atoms with Crippen LogP contribution in [0.1, 0.15) is 38.1 Å². The van der Waals surface area contributed by atoms with Crippen LogP contribution in [0.4, 0.5) is 18.9 Å². The van der Waals surface area contributed by atoms with E-state index in [4.69, 9.17) is 4.42 Å². The number of nitrogens with zero attached hydrogens (tertiary/aromatic N) is 3. The van der Waals surface area contributed by atoms with Crippen LogP contribution >= 0.6 is 11.8 Å². The lowest BCUT2D eigenvalue weighted by atomic mass is 9.95. The topological polar surface area (TPSA) is 73.0 Å². The van der Waals surface area contributed by atoms with Gasteiger partial charge < -0.3 is 9.73 Å². The molecule has 0 aliphatic heterocycles. The number of halogens is 3. The molecular weight excluding hydrogens is 417 g/mol. The van der Waals surface area contributed by atoms with Gasteiger partial charge in [-0.15, -0.1) is 10.2 Å². The van der Waals surface area contributed by atoms with E-state index in [0.29, 0.717) is 16.7 Å². The Bertz CT molecular complexity index is 1030. The summed E-state index contributed by atoms with van der Waals surface area (Å²) in [6, 6.07) is 5.51. The Balaban J connectivity index is 1.50. The first-order valence-corrected chi connectivity index (χ1v) is 10.6. The van der Waals surface area contributed by atoms with E-state index in [-0.39, 0.29) is 11.8 Å². The normalized spacial score (nSPS) is 14.8. The van der Waals surface area contributed by atoms with Crippen molar-refractivity contribution in [2.75, 3.05) is 11.1 Å². The molecule has 2 heterocycles. The molecule has 10 heteroatoms. The first-order valence-electron chi connectivity index (χ1n) is 9.59. The zero-order chi connectivity index (χ0) is 21.1. The molecule has 0 spiro atoms. The fourth-order valence-corrected chi connectivity index (χ4v) is 4.36. The van der Waals surface area contributed by atoms with Gasteiger partial charge in [-0.2, -0.15) is 0 Å². The molecule has 1 fully saturated rings. The summed E-state index contributed by atoms with van der Waals surface area (Å²) in [7, 11) is 0. The van der Waals surface area contributed by atoms with E-state index in [2.05, 4.69) is 15.5 Å². The molecule has 3 aromatic rings. The first-order chi connectivity index (χ1) is 14.5. The second kappa shape index (κ2) is 8.95. The zero-order valence-corrected chi connectivity index (χ0v) is 16.7. The highest BCUT2D eigenvalue weighted by molar-refractivity contribution is 7.99. The standard InChI is InChI=1S/C20H19F3N4O2S/c21-13-8-9-14(18(23)17(13)22)24-16(28)11-30-20-26-25-19(15-7-4-10-29-15)27(20)12-5-2-1-3-6-12/h4,7-10,12H,1-3,5-6,11H2,(H,24,28). The van der Waals surface area contributed by atoms with Gasteiger partial charge in [0.25, 0.3) is 0 Å². The van der Waals surface area contributed by atoms with Crippen LogP contribution in [-0.4, -0.2) is 26.4 Å². The maximum absolute atomic E-state index is 13.8. The number of rotatable bonds is 6. The third-order valence-electron chi connectivity index (χ3n) is 4.99. The van der Waals surface area contributed by atoms with Crippen molar-refractivity contribution in [1.82, 2.24) is 14.8 Å². The molecule has 0 unspecified atom stereocenters. The van der Waals surface area contributed by atoms with Gasteiger partial charge in [-0.1, -0.05) is 31.0 Å². The Morgan fingerprint density at radius 3 is 2.67 bits per heavy atom. The summed E-state index contributed by atoms with van der Waals surface area (Å²) in [6.45, 7) is 0. The monoisotopic (exact) mass is 436 g/mol. The van der Waals surface area contributed by atoms with Gasteiger partial charge in [0.2, 0.25) is 11.7 Å². The van der Waals surface area contributed by atoms with Crippen LogP contribution in [-0.2, 0) is 4.79 Å². The molecule has 158 valence electrons. The van der Waals surface area contributed by atoms with Crippen LogP contribution in [0.25, 0.3) is 11.6 Å². The van der Waals surface area contributed by atoms with Crippen molar-refractivity contribution in [3.63, 3.8) is 0 Å². The number of benzene rings is 1. The number of aromatic nitrogens is 3. The fraction of sp³-hybridized carbons (Fsp3) is 0.350. The molecule has 0 atom stereocenters. The van der Waals surface area contributed by atoms with Crippen LogP contribution < -0.4 is 5.32 Å². The van der Waals surface area contributed by atoms with E-state index in [9.17, 15) is 18.0 Å². The van der Waals surface area contributed by atoms with Gasteiger partial charge in [-0.05, 0) is 37.1 Å². The highest BCUT2D eigenvalue weighted by Crippen LogP contribution is 2.35. The average Bonchev–Trinajstić information content (AvgIpc) is 3.43. The van der Waals surface area contributed by atoms with Crippen molar-refractivity contribution in [2.45, 2.75) is 43.3 Å². The van der Waals surface area contributed by atoms with E-state index in [1.807, 2.05) is 4.57 Å². The number of carbonyl (C=O) groups excluding carboxylic acids is 1. The zero-order valence-electron chi connectivity index (χ0n) is 15.9. The molecule has 30 heavy (non-hydrogen) atoms. The van der Waals surface area contributed by atoms with Gasteiger partial charge in [0.05, 0.1) is 17.7 Å². The van der Waals surface area contributed by atoms with Crippen molar-refractivity contribution in [2.24, 2.45) is 0 Å². The lowest BCUT2D eigenvalue weighted by Gasteiger charge is -2.25. The maximum atomic E-state index is 13.8. The Kier molecular flexibility index (Phi) is 6.12. The predicted molar refractivity (Wildman–Crippen MR) is 106 cm³/mol. The van der Waals surface area contributed by atoms with Gasteiger partial charge in [0, 0.05) is 6.04 Å². The second-order valence-electron chi connectivity index (χ2n) is 7.01. The van der Waals surface area contributed by atoms with Crippen LogP contribution in [0.3, 0.4) is 0 Å². The van der Waals surface area contributed by atoms with Crippen LogP contribution in [0.2, 0.25) is 0 Å². The summed E-state index contributed by atoms with van der Waals surface area (Å²) in [5.74, 6) is -3.84. The third kappa shape index (κ3) is 4.23. The number of amides is 1. The van der Waals surface area contributed by atoms with Gasteiger partial charge in [0.15, 0.2) is 28.4 Å². The lowest BCUT2D eigenvalue weighted by molar-refractivity contribution is -0.113. The molecule has 0 saturated heterocycles. The molecule has 0 bridgehead atoms. The highest BCUT2D eigenvalue weighted by atomic mass is 32.2. The van der Waals surface area contributed by atoms with Crippen molar-refractivity contribution in [1.29, 1.82) is 0 Å². The molecule has 1 N–H and O–H groups in total. The molecule has 2 aromatic heterocycles. The number of carbonyl (C=O) groups is 1. The molecule has 1 aromatic carbocycles. The number of hydrogen-bond acceptors (Lipinski definition) is 5. The minimum Gasteiger partial charge on any atom is -0.461 e. The minimum atomic E-state index is -1.62. The number of anilines is 1. The second-order valence-corrected chi connectivity index (χ2v) is 7.95. The van der Waals surface area contributed by atoms with Crippen LogP contribution in [0, 0.1) is 17.5 Å². The summed E-state index contributed by atoms with van der Waals surface area (Å²) < 4.78 is 47.7. The summed E-state index contributed by atoms with van der Waals surface area (Å²) >= 11 is 1.14. The number of furan rings is 1. The molecular formula is C20H19F3N4O2S. The van der Waals surface area contributed by atoms with Crippen LogP contribution in [0.15, 0.2) is 40.1 Å². The van der Waals surface area contributed by atoms with Crippen molar-refractivity contribution in [3.8, 4) is 11.6 Å². The summed E-state index contributed by atoms with van der Waals surface area (Å²) in [5, 5.41) is 11.3. The highest BCUT2D eigenvalue weighted by Gasteiger charge is 2.25. The quantitative estimate of drug-likeness (QED) is 0.425. The van der Waals surface area contributed by atoms with E-state index in [0.717, 1.165) is 49.6 Å². The largest absolute Gasteiger partial charge is 0.461 e. The van der Waals surface area contributed by atoms with Crippen molar-refractivity contribution >= 4 is 23.4 Å². The number of thioether (sulfide) groups is 1.